The molecule has 5 nitrogen and oxygen atoms in total. The molecule has 0 saturated heterocycles. The first-order valence-electron chi connectivity index (χ1n) is 6.99. The zero-order valence-corrected chi connectivity index (χ0v) is 13.6. The maximum absolute atomic E-state index is 12.1. The van der Waals surface area contributed by atoms with Gasteiger partial charge < -0.3 is 5.32 Å². The van der Waals surface area contributed by atoms with Gasteiger partial charge in [0.1, 0.15) is 5.01 Å². The molecule has 0 aliphatic heterocycles. The van der Waals surface area contributed by atoms with E-state index in [4.69, 9.17) is 0 Å². The van der Waals surface area contributed by atoms with Crippen LogP contribution in [0.1, 0.15) is 5.69 Å². The van der Waals surface area contributed by atoms with Crippen LogP contribution < -0.4 is 5.32 Å². The zero-order chi connectivity index (χ0) is 15.6. The van der Waals surface area contributed by atoms with Crippen LogP contribution in [0.2, 0.25) is 0 Å². The molecule has 3 aromatic heterocycles. The predicted molar refractivity (Wildman–Crippen MR) is 93.0 cm³/mol. The van der Waals surface area contributed by atoms with Crippen molar-refractivity contribution in [3.63, 3.8) is 0 Å². The van der Waals surface area contributed by atoms with Crippen LogP contribution in [0, 0.1) is 0 Å². The summed E-state index contributed by atoms with van der Waals surface area (Å²) in [6, 6.07) is 7.70. The van der Waals surface area contributed by atoms with E-state index in [0.717, 1.165) is 26.9 Å². The van der Waals surface area contributed by atoms with Gasteiger partial charge in [0.2, 0.25) is 5.91 Å². The second-order valence-electron chi connectivity index (χ2n) is 4.96. The predicted octanol–water partition coefficient (Wildman–Crippen LogP) is 3.70. The molecule has 0 saturated carbocycles. The number of hydrogen-bond acceptors (Lipinski definition) is 5. The van der Waals surface area contributed by atoms with Gasteiger partial charge in [-0.25, -0.2) is 9.97 Å². The molecule has 0 aliphatic carbocycles. The lowest BCUT2D eigenvalue weighted by Gasteiger charge is -2.04. The number of nitrogens with zero attached hydrogens (tertiary/aromatic N) is 3. The second kappa shape index (κ2) is 5.94. The fourth-order valence-corrected chi connectivity index (χ4v) is 3.66. The molecule has 4 rings (SSSR count). The maximum atomic E-state index is 12.1. The molecular formula is C16H12N4OS2. The Labute approximate surface area is 140 Å². The minimum absolute atomic E-state index is 0.0715. The fraction of sp³-hybridized carbons (Fsp3) is 0.0625. The third-order valence-corrected chi connectivity index (χ3v) is 4.93. The summed E-state index contributed by atoms with van der Waals surface area (Å²) in [6.07, 6.45) is 5.87. The first-order valence-corrected chi connectivity index (χ1v) is 8.75. The highest BCUT2D eigenvalue weighted by atomic mass is 32.1. The van der Waals surface area contributed by atoms with E-state index in [1.165, 1.54) is 0 Å². The quantitative estimate of drug-likeness (QED) is 0.616. The van der Waals surface area contributed by atoms with Crippen molar-refractivity contribution in [2.75, 3.05) is 5.32 Å². The topological polar surface area (TPSA) is 59.3 Å². The highest BCUT2D eigenvalue weighted by Gasteiger charge is 2.09. The van der Waals surface area contributed by atoms with Crippen molar-refractivity contribution in [3.8, 4) is 10.6 Å². The Morgan fingerprint density at radius 1 is 1.17 bits per heavy atom. The van der Waals surface area contributed by atoms with E-state index < -0.39 is 0 Å². The number of amides is 1. The molecule has 0 spiro atoms. The lowest BCUT2D eigenvalue weighted by atomic mass is 10.2. The Hall–Kier alpha value is -2.51. The molecular weight excluding hydrogens is 328 g/mol. The molecule has 0 radical (unpaired) electrons. The fourth-order valence-electron chi connectivity index (χ4n) is 2.29. The van der Waals surface area contributed by atoms with Gasteiger partial charge in [-0.1, -0.05) is 0 Å². The molecule has 7 heteroatoms. The highest BCUT2D eigenvalue weighted by Crippen LogP contribution is 2.23. The normalized spacial score (nSPS) is 11.0. The number of imidazole rings is 1. The molecule has 0 bridgehead atoms. The largest absolute Gasteiger partial charge is 0.326 e. The van der Waals surface area contributed by atoms with Crippen molar-refractivity contribution in [2.45, 2.75) is 6.42 Å². The van der Waals surface area contributed by atoms with Crippen molar-refractivity contribution >= 4 is 39.2 Å². The van der Waals surface area contributed by atoms with E-state index in [-0.39, 0.29) is 12.3 Å². The van der Waals surface area contributed by atoms with Gasteiger partial charge in [0, 0.05) is 40.6 Å². The molecule has 0 aliphatic rings. The molecule has 1 amide bonds. The number of nitrogens with one attached hydrogen (secondary N) is 1. The molecule has 23 heavy (non-hydrogen) atoms. The van der Waals surface area contributed by atoms with Gasteiger partial charge in [0.05, 0.1) is 12.1 Å². The number of benzene rings is 1. The number of fused-ring (bicyclic) bond motifs is 1. The molecule has 1 aromatic carbocycles. The highest BCUT2D eigenvalue weighted by molar-refractivity contribution is 7.15. The standard InChI is InChI=1S/C16H12N4OS2/c21-14(9-13-10-20-6-8-23-16(20)19-13)18-12-3-1-11(2-4-12)15-17-5-7-22-15/h1-8,10H,9H2,(H,18,21). The van der Waals surface area contributed by atoms with Crippen LogP contribution in [0.4, 0.5) is 5.69 Å². The van der Waals surface area contributed by atoms with E-state index in [9.17, 15) is 4.79 Å². The zero-order valence-electron chi connectivity index (χ0n) is 12.0. The average Bonchev–Trinajstić information content (AvgIpc) is 3.24. The van der Waals surface area contributed by atoms with Crippen LogP contribution in [-0.2, 0) is 11.2 Å². The van der Waals surface area contributed by atoms with Crippen LogP contribution in [0.5, 0.6) is 0 Å². The summed E-state index contributed by atoms with van der Waals surface area (Å²) in [5, 5.41) is 7.78. The van der Waals surface area contributed by atoms with E-state index in [1.807, 2.05) is 51.8 Å². The van der Waals surface area contributed by atoms with Crippen molar-refractivity contribution in [3.05, 3.63) is 59.3 Å². The van der Waals surface area contributed by atoms with Crippen LogP contribution in [0.25, 0.3) is 15.5 Å². The Morgan fingerprint density at radius 3 is 2.78 bits per heavy atom. The van der Waals surface area contributed by atoms with E-state index in [0.29, 0.717) is 0 Å². The summed E-state index contributed by atoms with van der Waals surface area (Å²) >= 11 is 3.15. The minimum Gasteiger partial charge on any atom is -0.326 e. The molecule has 1 N–H and O–H groups in total. The summed E-state index contributed by atoms with van der Waals surface area (Å²) in [5.74, 6) is -0.0715. The van der Waals surface area contributed by atoms with Crippen molar-refractivity contribution in [2.24, 2.45) is 0 Å². The first-order chi connectivity index (χ1) is 11.3. The van der Waals surface area contributed by atoms with Crippen LogP contribution in [-0.4, -0.2) is 20.3 Å². The lowest BCUT2D eigenvalue weighted by molar-refractivity contribution is -0.115. The van der Waals surface area contributed by atoms with Gasteiger partial charge in [-0.15, -0.1) is 22.7 Å². The Bertz CT molecular complexity index is 910. The smallest absolute Gasteiger partial charge is 0.230 e. The van der Waals surface area contributed by atoms with Crippen molar-refractivity contribution in [1.82, 2.24) is 14.4 Å². The lowest BCUT2D eigenvalue weighted by Crippen LogP contribution is -2.14. The minimum atomic E-state index is -0.0715. The number of hydrogen-bond donors (Lipinski definition) is 1. The SMILES string of the molecule is O=C(Cc1cn2ccsc2n1)Nc1ccc(-c2nccs2)cc1. The Kier molecular flexibility index (Phi) is 3.64. The first kappa shape index (κ1) is 14.1. The number of carbonyl (C=O) groups excluding carboxylic acids is 1. The third-order valence-electron chi connectivity index (χ3n) is 3.33. The Balaban J connectivity index is 1.43. The van der Waals surface area contributed by atoms with E-state index >= 15 is 0 Å². The molecule has 0 fully saturated rings. The van der Waals surface area contributed by atoms with Gasteiger partial charge in [-0.2, -0.15) is 0 Å². The third kappa shape index (κ3) is 3.01. The number of carbonyl (C=O) groups is 1. The van der Waals surface area contributed by atoms with E-state index in [2.05, 4.69) is 15.3 Å². The van der Waals surface area contributed by atoms with Gasteiger partial charge in [-0.3, -0.25) is 9.20 Å². The van der Waals surface area contributed by atoms with Gasteiger partial charge in [-0.05, 0) is 24.3 Å². The van der Waals surface area contributed by atoms with Gasteiger partial charge in [0.25, 0.3) is 0 Å². The number of thiazole rings is 2. The van der Waals surface area contributed by atoms with Gasteiger partial charge >= 0.3 is 0 Å². The average molecular weight is 340 g/mol. The molecule has 0 atom stereocenters. The maximum Gasteiger partial charge on any atom is 0.230 e. The van der Waals surface area contributed by atoms with Crippen molar-refractivity contribution in [1.29, 1.82) is 0 Å². The monoisotopic (exact) mass is 340 g/mol. The van der Waals surface area contributed by atoms with Crippen LogP contribution in [0.3, 0.4) is 0 Å². The number of rotatable bonds is 4. The van der Waals surface area contributed by atoms with Crippen molar-refractivity contribution < 1.29 is 4.79 Å². The number of aromatic nitrogens is 3. The summed E-state index contributed by atoms with van der Waals surface area (Å²) in [5.41, 5.74) is 2.59. The summed E-state index contributed by atoms with van der Waals surface area (Å²) in [6.45, 7) is 0. The molecule has 3 heterocycles. The second-order valence-corrected chi connectivity index (χ2v) is 6.73. The number of anilines is 1. The molecule has 4 aromatic rings. The summed E-state index contributed by atoms with van der Waals surface area (Å²) in [7, 11) is 0. The van der Waals surface area contributed by atoms with Gasteiger partial charge in [0.15, 0.2) is 4.96 Å². The summed E-state index contributed by atoms with van der Waals surface area (Å²) < 4.78 is 1.93. The van der Waals surface area contributed by atoms with Crippen LogP contribution in [0.15, 0.2) is 53.6 Å². The van der Waals surface area contributed by atoms with Crippen LogP contribution >= 0.6 is 22.7 Å². The Morgan fingerprint density at radius 2 is 2.04 bits per heavy atom. The van der Waals surface area contributed by atoms with E-state index in [1.54, 1.807) is 28.9 Å². The molecule has 114 valence electrons. The molecule has 0 unspecified atom stereocenters. The summed E-state index contributed by atoms with van der Waals surface area (Å²) in [4.78, 5) is 21.7.